The van der Waals surface area contributed by atoms with Crippen LogP contribution in [0.4, 0.5) is 0 Å². The van der Waals surface area contributed by atoms with Gasteiger partial charge in [-0.15, -0.1) is 0 Å². The lowest BCUT2D eigenvalue weighted by atomic mass is 10.0. The van der Waals surface area contributed by atoms with E-state index in [0.29, 0.717) is 11.3 Å². The summed E-state index contributed by atoms with van der Waals surface area (Å²) in [7, 11) is 0. The lowest BCUT2D eigenvalue weighted by Crippen LogP contribution is -2.13. The Kier molecular flexibility index (Phi) is 3.11. The second kappa shape index (κ2) is 5.26. The maximum Gasteiger partial charge on any atom is 0.344 e. The van der Waals surface area contributed by atoms with Crippen molar-refractivity contribution >= 4 is 16.9 Å². The molecule has 2 aromatic carbocycles. The molecule has 0 saturated heterocycles. The van der Waals surface area contributed by atoms with Gasteiger partial charge in [0.05, 0.1) is 11.1 Å². The fraction of sp³-hybridized carbons (Fsp3) is 0.158. The van der Waals surface area contributed by atoms with Crippen molar-refractivity contribution < 1.29 is 9.53 Å². The summed E-state index contributed by atoms with van der Waals surface area (Å²) in [6, 6.07) is 17.0. The van der Waals surface area contributed by atoms with E-state index in [0.717, 1.165) is 41.4 Å². The molecule has 0 unspecified atom stereocenters. The minimum Gasteiger partial charge on any atom is -0.423 e. The number of aromatic nitrogens is 1. The predicted molar refractivity (Wildman–Crippen MR) is 85.2 cm³/mol. The number of benzene rings is 2. The van der Waals surface area contributed by atoms with E-state index in [1.54, 1.807) is 12.1 Å². The standard InChI is InChI=1S/C19H15NO2/c21-19(22-13-7-2-1-3-8-13)18-14-9-4-5-11-16(14)20-17-12-6-10-15(17)18/h1-5,7-9,11H,6,10,12H2. The van der Waals surface area contributed by atoms with E-state index in [1.807, 2.05) is 42.5 Å². The van der Waals surface area contributed by atoms with Gasteiger partial charge in [0.1, 0.15) is 5.75 Å². The monoisotopic (exact) mass is 289 g/mol. The van der Waals surface area contributed by atoms with Crippen LogP contribution >= 0.6 is 0 Å². The van der Waals surface area contributed by atoms with E-state index in [4.69, 9.17) is 9.72 Å². The van der Waals surface area contributed by atoms with Crippen LogP contribution in [-0.4, -0.2) is 11.0 Å². The molecule has 1 aromatic heterocycles. The van der Waals surface area contributed by atoms with Crippen LogP contribution in [0.2, 0.25) is 0 Å². The Morgan fingerprint density at radius 2 is 1.73 bits per heavy atom. The third-order valence-corrected chi connectivity index (χ3v) is 4.08. The summed E-state index contributed by atoms with van der Waals surface area (Å²) in [6.45, 7) is 0. The number of para-hydroxylation sites is 2. The topological polar surface area (TPSA) is 39.2 Å². The minimum atomic E-state index is -0.289. The van der Waals surface area contributed by atoms with Crippen molar-refractivity contribution in [3.8, 4) is 5.75 Å². The Balaban J connectivity index is 1.85. The lowest BCUT2D eigenvalue weighted by Gasteiger charge is -2.11. The van der Waals surface area contributed by atoms with Crippen LogP contribution in [0, 0.1) is 0 Å². The van der Waals surface area contributed by atoms with Crippen molar-refractivity contribution in [1.82, 2.24) is 4.98 Å². The van der Waals surface area contributed by atoms with Crippen LogP contribution in [0.25, 0.3) is 10.9 Å². The summed E-state index contributed by atoms with van der Waals surface area (Å²) < 4.78 is 5.57. The molecule has 0 atom stereocenters. The Morgan fingerprint density at radius 1 is 0.955 bits per heavy atom. The molecule has 3 aromatic rings. The third kappa shape index (κ3) is 2.15. The summed E-state index contributed by atoms with van der Waals surface area (Å²) in [6.07, 6.45) is 2.88. The molecule has 4 rings (SSSR count). The number of aryl methyl sites for hydroxylation is 1. The molecule has 0 N–H and O–H groups in total. The number of rotatable bonds is 2. The summed E-state index contributed by atoms with van der Waals surface area (Å²) in [5.74, 6) is 0.281. The Morgan fingerprint density at radius 3 is 2.59 bits per heavy atom. The average molecular weight is 289 g/mol. The van der Waals surface area contributed by atoms with Gasteiger partial charge >= 0.3 is 5.97 Å². The van der Waals surface area contributed by atoms with Gasteiger partial charge in [0, 0.05) is 11.1 Å². The van der Waals surface area contributed by atoms with Gasteiger partial charge in [-0.25, -0.2) is 4.79 Å². The number of carbonyl (C=O) groups is 1. The predicted octanol–water partition coefficient (Wildman–Crippen LogP) is 3.94. The van der Waals surface area contributed by atoms with Crippen molar-refractivity contribution in [3.63, 3.8) is 0 Å². The normalized spacial score (nSPS) is 13.1. The van der Waals surface area contributed by atoms with Crippen LogP contribution in [-0.2, 0) is 12.8 Å². The van der Waals surface area contributed by atoms with Gasteiger partial charge in [0.15, 0.2) is 0 Å². The molecule has 0 aliphatic heterocycles. The van der Waals surface area contributed by atoms with Gasteiger partial charge in [-0.2, -0.15) is 0 Å². The molecule has 0 amide bonds. The SMILES string of the molecule is O=C(Oc1ccccc1)c1c2c(nc3ccccc13)CCC2. The van der Waals surface area contributed by atoms with Crippen LogP contribution in [0.5, 0.6) is 5.75 Å². The zero-order valence-corrected chi connectivity index (χ0v) is 12.1. The van der Waals surface area contributed by atoms with E-state index >= 15 is 0 Å². The smallest absolute Gasteiger partial charge is 0.344 e. The first-order chi connectivity index (χ1) is 10.8. The van der Waals surface area contributed by atoms with Crippen molar-refractivity contribution in [1.29, 1.82) is 0 Å². The number of pyridine rings is 1. The number of hydrogen-bond donors (Lipinski definition) is 0. The maximum absolute atomic E-state index is 12.7. The van der Waals surface area contributed by atoms with E-state index in [9.17, 15) is 4.79 Å². The number of nitrogens with zero attached hydrogens (tertiary/aromatic N) is 1. The molecule has 0 fully saturated rings. The van der Waals surface area contributed by atoms with Crippen molar-refractivity contribution in [2.45, 2.75) is 19.3 Å². The van der Waals surface area contributed by atoms with E-state index in [2.05, 4.69) is 0 Å². The molecular formula is C19H15NO2. The highest BCUT2D eigenvalue weighted by molar-refractivity contribution is 6.06. The quantitative estimate of drug-likeness (QED) is 0.530. The Bertz CT molecular complexity index is 856. The third-order valence-electron chi connectivity index (χ3n) is 4.08. The first-order valence-electron chi connectivity index (χ1n) is 7.50. The molecular weight excluding hydrogens is 274 g/mol. The molecule has 22 heavy (non-hydrogen) atoms. The van der Waals surface area contributed by atoms with Crippen LogP contribution in [0.1, 0.15) is 28.0 Å². The Labute approximate surface area is 128 Å². The number of hydrogen-bond acceptors (Lipinski definition) is 3. The molecule has 0 radical (unpaired) electrons. The molecule has 0 saturated carbocycles. The van der Waals surface area contributed by atoms with Crippen molar-refractivity contribution in [3.05, 3.63) is 71.4 Å². The fourth-order valence-corrected chi connectivity index (χ4v) is 3.09. The molecule has 0 bridgehead atoms. The van der Waals surface area contributed by atoms with Gasteiger partial charge in [-0.3, -0.25) is 4.98 Å². The van der Waals surface area contributed by atoms with Crippen LogP contribution in [0.3, 0.4) is 0 Å². The molecule has 3 nitrogen and oxygen atoms in total. The van der Waals surface area contributed by atoms with E-state index in [-0.39, 0.29) is 5.97 Å². The summed E-state index contributed by atoms with van der Waals surface area (Å²) in [4.78, 5) is 17.4. The van der Waals surface area contributed by atoms with E-state index < -0.39 is 0 Å². The van der Waals surface area contributed by atoms with E-state index in [1.165, 1.54) is 0 Å². The molecule has 0 spiro atoms. The molecule has 1 aliphatic rings. The fourth-order valence-electron chi connectivity index (χ4n) is 3.09. The molecule has 3 heteroatoms. The van der Waals surface area contributed by atoms with Crippen molar-refractivity contribution in [2.24, 2.45) is 0 Å². The van der Waals surface area contributed by atoms with Gasteiger partial charge < -0.3 is 4.74 Å². The highest BCUT2D eigenvalue weighted by Crippen LogP contribution is 2.30. The number of esters is 1. The van der Waals surface area contributed by atoms with Gasteiger partial charge in [-0.1, -0.05) is 36.4 Å². The van der Waals surface area contributed by atoms with Gasteiger partial charge in [0.2, 0.25) is 0 Å². The summed E-state index contributed by atoms with van der Waals surface area (Å²) >= 11 is 0. The first kappa shape index (κ1) is 13.0. The maximum atomic E-state index is 12.7. The summed E-state index contributed by atoms with van der Waals surface area (Å²) in [5.41, 5.74) is 3.64. The second-order valence-electron chi connectivity index (χ2n) is 5.49. The largest absolute Gasteiger partial charge is 0.423 e. The molecule has 108 valence electrons. The number of carbonyl (C=O) groups excluding carboxylic acids is 1. The van der Waals surface area contributed by atoms with Crippen LogP contribution < -0.4 is 4.74 Å². The van der Waals surface area contributed by atoms with Gasteiger partial charge in [-0.05, 0) is 43.0 Å². The van der Waals surface area contributed by atoms with Crippen LogP contribution in [0.15, 0.2) is 54.6 Å². The van der Waals surface area contributed by atoms with Crippen molar-refractivity contribution in [2.75, 3.05) is 0 Å². The highest BCUT2D eigenvalue weighted by Gasteiger charge is 2.24. The number of ether oxygens (including phenoxy) is 1. The summed E-state index contributed by atoms with van der Waals surface area (Å²) in [5, 5.41) is 0.879. The molecule has 1 aliphatic carbocycles. The van der Waals surface area contributed by atoms with Gasteiger partial charge in [0.25, 0.3) is 0 Å². The highest BCUT2D eigenvalue weighted by atomic mass is 16.5. The second-order valence-corrected chi connectivity index (χ2v) is 5.49. The first-order valence-corrected chi connectivity index (χ1v) is 7.50. The average Bonchev–Trinajstić information content (AvgIpc) is 3.01. The minimum absolute atomic E-state index is 0.289. The Hall–Kier alpha value is -2.68. The zero-order chi connectivity index (χ0) is 14.9. The number of fused-ring (bicyclic) bond motifs is 2. The lowest BCUT2D eigenvalue weighted by molar-refractivity contribution is 0.0735. The molecule has 1 heterocycles. The zero-order valence-electron chi connectivity index (χ0n) is 12.1.